The van der Waals surface area contributed by atoms with Crippen LogP contribution in [0.15, 0.2) is 48.5 Å². The Morgan fingerprint density at radius 3 is 2.57 bits per heavy atom. The number of nitrogens with zero attached hydrogens (tertiary/aromatic N) is 3. The Hall–Kier alpha value is -2.49. The minimum Gasteiger partial charge on any atom is -0.496 e. The summed E-state index contributed by atoms with van der Waals surface area (Å²) in [5.41, 5.74) is 3.30. The van der Waals surface area contributed by atoms with E-state index in [0.717, 1.165) is 34.8 Å². The number of anilines is 1. The maximum absolute atomic E-state index is 5.42. The molecule has 0 saturated heterocycles. The number of aryl methyl sites for hydroxylation is 1. The first-order valence-corrected chi connectivity index (χ1v) is 6.95. The third kappa shape index (κ3) is 2.44. The smallest absolute Gasteiger partial charge is 0.206 e. The zero-order valence-corrected chi connectivity index (χ0v) is 12.6. The molecular formula is C17H19N3O. The summed E-state index contributed by atoms with van der Waals surface area (Å²) in [6.45, 7) is 0.751. The van der Waals surface area contributed by atoms with Crippen molar-refractivity contribution in [1.29, 1.82) is 0 Å². The molecule has 0 bridgehead atoms. The Bertz CT molecular complexity index is 764. The first kappa shape index (κ1) is 13.5. The van der Waals surface area contributed by atoms with Gasteiger partial charge >= 0.3 is 0 Å². The normalized spacial score (nSPS) is 10.8. The molecule has 0 aliphatic heterocycles. The summed E-state index contributed by atoms with van der Waals surface area (Å²) in [6.07, 6.45) is 0. The van der Waals surface area contributed by atoms with Crippen molar-refractivity contribution < 1.29 is 4.74 Å². The minimum absolute atomic E-state index is 0.751. The quantitative estimate of drug-likeness (QED) is 0.735. The van der Waals surface area contributed by atoms with Gasteiger partial charge in [0.25, 0.3) is 0 Å². The van der Waals surface area contributed by atoms with Crippen molar-refractivity contribution in [3.63, 3.8) is 0 Å². The lowest BCUT2D eigenvalue weighted by Gasteiger charge is -2.19. The van der Waals surface area contributed by atoms with Gasteiger partial charge in [-0.25, -0.2) is 4.98 Å². The Kier molecular flexibility index (Phi) is 3.52. The van der Waals surface area contributed by atoms with Crippen LogP contribution in [0, 0.1) is 0 Å². The molecule has 3 rings (SSSR count). The fourth-order valence-corrected chi connectivity index (χ4v) is 2.63. The lowest BCUT2D eigenvalue weighted by atomic mass is 10.2. The largest absolute Gasteiger partial charge is 0.496 e. The van der Waals surface area contributed by atoms with Crippen molar-refractivity contribution in [2.75, 3.05) is 19.1 Å². The van der Waals surface area contributed by atoms with Gasteiger partial charge in [0.1, 0.15) is 5.75 Å². The summed E-state index contributed by atoms with van der Waals surface area (Å²) in [5.74, 6) is 1.85. The van der Waals surface area contributed by atoms with Crippen LogP contribution in [0.4, 0.5) is 5.95 Å². The molecule has 0 aliphatic carbocycles. The van der Waals surface area contributed by atoms with E-state index in [0.29, 0.717) is 0 Å². The molecule has 0 N–H and O–H groups in total. The third-order valence-corrected chi connectivity index (χ3v) is 3.70. The van der Waals surface area contributed by atoms with Crippen molar-refractivity contribution in [3.05, 3.63) is 54.1 Å². The van der Waals surface area contributed by atoms with Gasteiger partial charge in [0.15, 0.2) is 0 Å². The van der Waals surface area contributed by atoms with Gasteiger partial charge < -0.3 is 14.2 Å². The summed E-state index contributed by atoms with van der Waals surface area (Å²) in [7, 11) is 5.80. The number of para-hydroxylation sites is 3. The molecule has 4 heteroatoms. The number of rotatable bonds is 4. The molecule has 108 valence electrons. The van der Waals surface area contributed by atoms with Crippen molar-refractivity contribution in [3.8, 4) is 5.75 Å². The van der Waals surface area contributed by atoms with Crippen molar-refractivity contribution in [2.24, 2.45) is 7.05 Å². The van der Waals surface area contributed by atoms with Gasteiger partial charge in [-0.1, -0.05) is 30.3 Å². The highest BCUT2D eigenvalue weighted by Crippen LogP contribution is 2.24. The van der Waals surface area contributed by atoms with E-state index >= 15 is 0 Å². The number of ether oxygens (including phenoxy) is 1. The SMILES string of the molecule is COc1ccccc1CN(C)c1nc2ccccc2n1C. The van der Waals surface area contributed by atoms with E-state index in [-0.39, 0.29) is 0 Å². The monoisotopic (exact) mass is 281 g/mol. The van der Waals surface area contributed by atoms with Gasteiger partial charge in [-0.15, -0.1) is 0 Å². The predicted octanol–water partition coefficient (Wildman–Crippen LogP) is 3.22. The number of hydrogen-bond donors (Lipinski definition) is 0. The van der Waals surface area contributed by atoms with E-state index < -0.39 is 0 Å². The van der Waals surface area contributed by atoms with Crippen LogP contribution in [0.3, 0.4) is 0 Å². The molecule has 0 atom stereocenters. The molecule has 1 heterocycles. The second-order valence-electron chi connectivity index (χ2n) is 5.13. The maximum Gasteiger partial charge on any atom is 0.206 e. The van der Waals surface area contributed by atoms with Gasteiger partial charge in [-0.3, -0.25) is 0 Å². The lowest BCUT2D eigenvalue weighted by molar-refractivity contribution is 0.409. The van der Waals surface area contributed by atoms with Gasteiger partial charge in [0, 0.05) is 26.2 Å². The molecule has 0 fully saturated rings. The Balaban J connectivity index is 1.93. The highest BCUT2D eigenvalue weighted by molar-refractivity contribution is 5.78. The Morgan fingerprint density at radius 2 is 1.81 bits per heavy atom. The number of imidazole rings is 1. The summed E-state index contributed by atoms with van der Waals surface area (Å²) >= 11 is 0. The minimum atomic E-state index is 0.751. The van der Waals surface area contributed by atoms with Gasteiger partial charge in [-0.05, 0) is 18.2 Å². The topological polar surface area (TPSA) is 30.3 Å². The molecule has 0 radical (unpaired) electrons. The van der Waals surface area contributed by atoms with E-state index in [4.69, 9.17) is 9.72 Å². The zero-order chi connectivity index (χ0) is 14.8. The Morgan fingerprint density at radius 1 is 1.10 bits per heavy atom. The first-order valence-electron chi connectivity index (χ1n) is 6.95. The lowest BCUT2D eigenvalue weighted by Crippen LogP contribution is -2.20. The molecule has 0 amide bonds. The number of benzene rings is 2. The third-order valence-electron chi connectivity index (χ3n) is 3.70. The van der Waals surface area contributed by atoms with E-state index in [2.05, 4.69) is 21.6 Å². The second kappa shape index (κ2) is 5.48. The molecule has 21 heavy (non-hydrogen) atoms. The van der Waals surface area contributed by atoms with Gasteiger partial charge in [0.05, 0.1) is 18.1 Å². The highest BCUT2D eigenvalue weighted by Gasteiger charge is 2.13. The van der Waals surface area contributed by atoms with Crippen LogP contribution in [0.2, 0.25) is 0 Å². The molecule has 0 aliphatic rings. The molecular weight excluding hydrogens is 262 g/mol. The fraction of sp³-hybridized carbons (Fsp3) is 0.235. The maximum atomic E-state index is 5.42. The van der Waals surface area contributed by atoms with Crippen molar-refractivity contribution >= 4 is 17.0 Å². The van der Waals surface area contributed by atoms with Crippen LogP contribution in [0.1, 0.15) is 5.56 Å². The number of aromatic nitrogens is 2. The predicted molar refractivity (Wildman–Crippen MR) is 85.8 cm³/mol. The fourth-order valence-electron chi connectivity index (χ4n) is 2.63. The summed E-state index contributed by atoms with van der Waals surface area (Å²) in [6, 6.07) is 16.2. The van der Waals surface area contributed by atoms with Gasteiger partial charge in [-0.2, -0.15) is 0 Å². The molecule has 4 nitrogen and oxygen atoms in total. The van der Waals surface area contributed by atoms with Gasteiger partial charge in [0.2, 0.25) is 5.95 Å². The zero-order valence-electron chi connectivity index (χ0n) is 12.6. The molecule has 2 aromatic carbocycles. The van der Waals surface area contributed by atoms with Crippen LogP contribution in [0.5, 0.6) is 5.75 Å². The average Bonchev–Trinajstić information content (AvgIpc) is 2.85. The molecule has 1 aromatic heterocycles. The van der Waals surface area contributed by atoms with E-state index in [1.165, 1.54) is 0 Å². The van der Waals surface area contributed by atoms with E-state index in [9.17, 15) is 0 Å². The number of methoxy groups -OCH3 is 1. The number of fused-ring (bicyclic) bond motifs is 1. The summed E-state index contributed by atoms with van der Waals surface area (Å²) < 4.78 is 7.53. The van der Waals surface area contributed by atoms with E-state index in [1.54, 1.807) is 7.11 Å². The Labute approximate surface area is 124 Å². The second-order valence-corrected chi connectivity index (χ2v) is 5.13. The number of hydrogen-bond acceptors (Lipinski definition) is 3. The molecule has 0 saturated carbocycles. The van der Waals surface area contributed by atoms with E-state index in [1.807, 2.05) is 50.5 Å². The standard InChI is InChI=1S/C17H19N3O/c1-19(12-13-8-4-7-11-16(13)21-3)17-18-14-9-5-6-10-15(14)20(17)2/h4-11H,12H2,1-3H3. The summed E-state index contributed by atoms with van der Waals surface area (Å²) in [5, 5.41) is 0. The van der Waals surface area contributed by atoms with Crippen LogP contribution in [-0.4, -0.2) is 23.7 Å². The molecule has 0 spiro atoms. The van der Waals surface area contributed by atoms with Crippen LogP contribution in [0.25, 0.3) is 11.0 Å². The highest BCUT2D eigenvalue weighted by atomic mass is 16.5. The van der Waals surface area contributed by atoms with Crippen LogP contribution in [-0.2, 0) is 13.6 Å². The molecule has 3 aromatic rings. The van der Waals surface area contributed by atoms with Crippen LogP contribution >= 0.6 is 0 Å². The summed E-state index contributed by atoms with van der Waals surface area (Å²) in [4.78, 5) is 6.85. The van der Waals surface area contributed by atoms with Crippen LogP contribution < -0.4 is 9.64 Å². The average molecular weight is 281 g/mol. The van der Waals surface area contributed by atoms with Crippen molar-refractivity contribution in [2.45, 2.75) is 6.54 Å². The molecule has 0 unspecified atom stereocenters. The first-order chi connectivity index (χ1) is 10.2. The van der Waals surface area contributed by atoms with Crippen molar-refractivity contribution in [1.82, 2.24) is 9.55 Å².